The van der Waals surface area contributed by atoms with Crippen molar-refractivity contribution in [2.24, 2.45) is 0 Å². The maximum absolute atomic E-state index is 13.1. The van der Waals surface area contributed by atoms with E-state index < -0.39 is 17.4 Å². The molecule has 2 atom stereocenters. The third-order valence-electron chi connectivity index (χ3n) is 6.43. The van der Waals surface area contributed by atoms with Crippen molar-refractivity contribution in [3.63, 3.8) is 0 Å². The minimum Gasteiger partial charge on any atom is -0.381 e. The first kappa shape index (κ1) is 20.9. The Labute approximate surface area is 181 Å². The van der Waals surface area contributed by atoms with Crippen LogP contribution in [0, 0.1) is 0 Å². The average Bonchev–Trinajstić information content (AvgIpc) is 3.12. The molecule has 1 saturated heterocycles. The third-order valence-corrected chi connectivity index (χ3v) is 6.43. The van der Waals surface area contributed by atoms with Gasteiger partial charge in [0, 0.05) is 18.8 Å². The summed E-state index contributed by atoms with van der Waals surface area (Å²) in [5.41, 5.74) is 4.09. The molecular formula is C25H27N3O3. The summed E-state index contributed by atoms with van der Waals surface area (Å²) in [6.07, 6.45) is 0.623. The van der Waals surface area contributed by atoms with Crippen LogP contribution < -0.4 is 10.8 Å². The predicted molar refractivity (Wildman–Crippen MR) is 121 cm³/mol. The van der Waals surface area contributed by atoms with Crippen LogP contribution in [-0.2, 0) is 21.5 Å². The van der Waals surface area contributed by atoms with Crippen LogP contribution >= 0.6 is 0 Å². The standard InChI is InChI=1S/C25H27N3O3/c1-17(23(29)27-31)28-15-14-25(2,24(28)30)20-10-12-21(13-11-20)26-16-19-8-5-7-18-6-3-4-9-22(18)19/h3-13,17,26,31H,14-16H2,1-2H3,(H,27,29). The van der Waals surface area contributed by atoms with E-state index in [1.165, 1.54) is 21.2 Å². The van der Waals surface area contributed by atoms with Gasteiger partial charge >= 0.3 is 0 Å². The first-order valence-corrected chi connectivity index (χ1v) is 10.5. The molecule has 1 aliphatic rings. The molecule has 1 heterocycles. The molecule has 0 aromatic heterocycles. The van der Waals surface area contributed by atoms with Crippen LogP contribution in [0.3, 0.4) is 0 Å². The van der Waals surface area contributed by atoms with Gasteiger partial charge in [-0.25, -0.2) is 5.48 Å². The van der Waals surface area contributed by atoms with Crippen LogP contribution in [0.4, 0.5) is 5.69 Å². The van der Waals surface area contributed by atoms with Crippen LogP contribution in [0.1, 0.15) is 31.4 Å². The minimum absolute atomic E-state index is 0.0972. The van der Waals surface area contributed by atoms with Crippen LogP contribution in [0.15, 0.2) is 66.7 Å². The summed E-state index contributed by atoms with van der Waals surface area (Å²) in [5, 5.41) is 14.8. The number of carbonyl (C=O) groups excluding carboxylic acids is 2. The molecule has 3 N–H and O–H groups in total. The Hall–Kier alpha value is -3.38. The summed E-state index contributed by atoms with van der Waals surface area (Å²) < 4.78 is 0. The zero-order valence-corrected chi connectivity index (χ0v) is 17.8. The lowest BCUT2D eigenvalue weighted by molar-refractivity contribution is -0.143. The second kappa shape index (κ2) is 8.40. The van der Waals surface area contributed by atoms with Crippen LogP contribution in [0.5, 0.6) is 0 Å². The van der Waals surface area contributed by atoms with Crippen molar-refractivity contribution in [2.75, 3.05) is 11.9 Å². The Balaban J connectivity index is 1.47. The molecule has 160 valence electrons. The highest BCUT2D eigenvalue weighted by Crippen LogP contribution is 2.37. The van der Waals surface area contributed by atoms with Crippen LogP contribution in [0.2, 0.25) is 0 Å². The Morgan fingerprint density at radius 3 is 2.55 bits per heavy atom. The first-order chi connectivity index (χ1) is 14.9. The smallest absolute Gasteiger partial charge is 0.265 e. The molecule has 0 spiro atoms. The minimum atomic E-state index is -0.707. The highest BCUT2D eigenvalue weighted by atomic mass is 16.5. The van der Waals surface area contributed by atoms with E-state index in [1.807, 2.05) is 43.3 Å². The van der Waals surface area contributed by atoms with Gasteiger partial charge < -0.3 is 10.2 Å². The number of hydroxylamine groups is 1. The van der Waals surface area contributed by atoms with E-state index in [1.54, 1.807) is 12.4 Å². The summed E-state index contributed by atoms with van der Waals surface area (Å²) in [6.45, 7) is 4.72. The summed E-state index contributed by atoms with van der Waals surface area (Å²) >= 11 is 0. The van der Waals surface area contributed by atoms with Gasteiger partial charge in [-0.15, -0.1) is 0 Å². The van der Waals surface area contributed by atoms with Gasteiger partial charge in [-0.2, -0.15) is 0 Å². The molecule has 2 unspecified atom stereocenters. The fourth-order valence-electron chi connectivity index (χ4n) is 4.34. The van der Waals surface area contributed by atoms with Gasteiger partial charge in [0.2, 0.25) is 5.91 Å². The van der Waals surface area contributed by atoms with Crippen molar-refractivity contribution in [2.45, 2.75) is 38.3 Å². The maximum atomic E-state index is 13.1. The molecule has 2 amide bonds. The number of anilines is 1. The normalized spacial score (nSPS) is 19.5. The lowest BCUT2D eigenvalue weighted by Gasteiger charge is -2.27. The molecule has 6 heteroatoms. The van der Waals surface area contributed by atoms with Crippen molar-refractivity contribution in [1.82, 2.24) is 10.4 Å². The van der Waals surface area contributed by atoms with E-state index in [2.05, 4.69) is 35.6 Å². The van der Waals surface area contributed by atoms with Crippen LogP contribution in [-0.4, -0.2) is 34.5 Å². The van der Waals surface area contributed by atoms with E-state index in [9.17, 15) is 9.59 Å². The molecule has 0 saturated carbocycles. The third kappa shape index (κ3) is 3.86. The molecule has 6 nitrogen and oxygen atoms in total. The molecule has 0 aliphatic carbocycles. The highest BCUT2D eigenvalue weighted by molar-refractivity contribution is 5.94. The molecular weight excluding hydrogens is 390 g/mol. The van der Waals surface area contributed by atoms with E-state index in [0.717, 1.165) is 11.3 Å². The van der Waals surface area contributed by atoms with E-state index in [-0.39, 0.29) is 5.91 Å². The fourth-order valence-corrected chi connectivity index (χ4v) is 4.34. The molecule has 3 aromatic carbocycles. The van der Waals surface area contributed by atoms with Crippen molar-refractivity contribution in [3.8, 4) is 0 Å². The Kier molecular flexibility index (Phi) is 5.65. The van der Waals surface area contributed by atoms with E-state index >= 15 is 0 Å². The van der Waals surface area contributed by atoms with E-state index in [4.69, 9.17) is 5.21 Å². The molecule has 1 aliphatic heterocycles. The topological polar surface area (TPSA) is 81.7 Å². The van der Waals surface area contributed by atoms with Gasteiger partial charge in [-0.1, -0.05) is 54.6 Å². The number of nitrogens with one attached hydrogen (secondary N) is 2. The highest BCUT2D eigenvalue weighted by Gasteiger charge is 2.46. The monoisotopic (exact) mass is 417 g/mol. The lowest BCUT2D eigenvalue weighted by Crippen LogP contribution is -2.47. The zero-order chi connectivity index (χ0) is 22.0. The number of nitrogens with zero attached hydrogens (tertiary/aromatic N) is 1. The first-order valence-electron chi connectivity index (χ1n) is 10.5. The Bertz CT molecular complexity index is 1110. The molecule has 1 fully saturated rings. The average molecular weight is 418 g/mol. The second-order valence-corrected chi connectivity index (χ2v) is 8.30. The van der Waals surface area contributed by atoms with Gasteiger partial charge in [0.1, 0.15) is 6.04 Å². The molecule has 31 heavy (non-hydrogen) atoms. The van der Waals surface area contributed by atoms with Gasteiger partial charge in [-0.05, 0) is 54.3 Å². The zero-order valence-electron chi connectivity index (χ0n) is 17.8. The SMILES string of the molecule is CC(C(=O)NO)N1CCC(C)(c2ccc(NCc3cccc4ccccc34)cc2)C1=O. The summed E-state index contributed by atoms with van der Waals surface area (Å²) in [7, 11) is 0. The predicted octanol–water partition coefficient (Wildman–Crippen LogP) is 3.84. The van der Waals surface area contributed by atoms with Crippen molar-refractivity contribution >= 4 is 28.3 Å². The van der Waals surface area contributed by atoms with Gasteiger partial charge in [0.15, 0.2) is 0 Å². The van der Waals surface area contributed by atoms with Gasteiger partial charge in [-0.3, -0.25) is 14.8 Å². The van der Waals surface area contributed by atoms with Crippen molar-refractivity contribution < 1.29 is 14.8 Å². The number of carbonyl (C=O) groups is 2. The number of rotatable bonds is 6. The number of hydrogen-bond acceptors (Lipinski definition) is 4. The Morgan fingerprint density at radius 1 is 1.10 bits per heavy atom. The lowest BCUT2D eigenvalue weighted by atomic mass is 9.81. The number of fused-ring (bicyclic) bond motifs is 1. The summed E-state index contributed by atoms with van der Waals surface area (Å²) in [5.74, 6) is -0.675. The fraction of sp³-hybridized carbons (Fsp3) is 0.280. The van der Waals surface area contributed by atoms with Crippen LogP contribution in [0.25, 0.3) is 10.8 Å². The molecule has 3 aromatic rings. The van der Waals surface area contributed by atoms with Gasteiger partial charge in [0.05, 0.1) is 5.41 Å². The number of amides is 2. The van der Waals surface area contributed by atoms with Crippen molar-refractivity contribution in [3.05, 3.63) is 77.9 Å². The molecule has 0 radical (unpaired) electrons. The molecule has 0 bridgehead atoms. The van der Waals surface area contributed by atoms with Gasteiger partial charge in [0.25, 0.3) is 5.91 Å². The quantitative estimate of drug-likeness (QED) is 0.421. The number of benzene rings is 3. The number of likely N-dealkylation sites (tertiary alicyclic amines) is 1. The van der Waals surface area contributed by atoms with Crippen molar-refractivity contribution in [1.29, 1.82) is 0 Å². The largest absolute Gasteiger partial charge is 0.381 e. The Morgan fingerprint density at radius 2 is 1.81 bits per heavy atom. The second-order valence-electron chi connectivity index (χ2n) is 8.30. The maximum Gasteiger partial charge on any atom is 0.265 e. The molecule has 4 rings (SSSR count). The summed E-state index contributed by atoms with van der Waals surface area (Å²) in [6, 6.07) is 21.9. The van der Waals surface area contributed by atoms with E-state index in [0.29, 0.717) is 19.5 Å². The number of hydrogen-bond donors (Lipinski definition) is 3. The summed E-state index contributed by atoms with van der Waals surface area (Å²) in [4.78, 5) is 26.3.